The predicted molar refractivity (Wildman–Crippen MR) is 118 cm³/mol. The summed E-state index contributed by atoms with van der Waals surface area (Å²) in [6.45, 7) is 10.5. The van der Waals surface area contributed by atoms with Crippen molar-refractivity contribution in [1.29, 1.82) is 5.41 Å². The molecular formula is C22H28N6O2. The van der Waals surface area contributed by atoms with Crippen LogP contribution in [0.4, 0.5) is 11.4 Å². The van der Waals surface area contributed by atoms with Crippen molar-refractivity contribution in [3.05, 3.63) is 47.9 Å². The van der Waals surface area contributed by atoms with Gasteiger partial charge >= 0.3 is 0 Å². The molecule has 0 spiro atoms. The number of nitrogens with zero attached hydrogens (tertiary/aromatic N) is 3. The average molecular weight is 409 g/mol. The second kappa shape index (κ2) is 9.39. The zero-order valence-electron chi connectivity index (χ0n) is 18.0. The van der Waals surface area contributed by atoms with Gasteiger partial charge in [-0.3, -0.25) is 0 Å². The molecule has 0 bridgehead atoms. The van der Waals surface area contributed by atoms with E-state index < -0.39 is 0 Å². The molecule has 3 N–H and O–H groups in total. The van der Waals surface area contributed by atoms with Gasteiger partial charge in [-0.25, -0.2) is 15.0 Å². The number of hydrogen-bond acceptors (Lipinski definition) is 8. The first-order valence-electron chi connectivity index (χ1n) is 9.99. The van der Waals surface area contributed by atoms with Crippen LogP contribution in [0.1, 0.15) is 45.0 Å². The van der Waals surface area contributed by atoms with E-state index in [9.17, 15) is 0 Å². The molecule has 3 heterocycles. The van der Waals surface area contributed by atoms with Gasteiger partial charge in [-0.05, 0) is 45.9 Å². The van der Waals surface area contributed by atoms with Crippen LogP contribution in [0.2, 0.25) is 0 Å². The molecule has 3 aromatic heterocycles. The van der Waals surface area contributed by atoms with Crippen LogP contribution < -0.4 is 15.4 Å². The van der Waals surface area contributed by atoms with Gasteiger partial charge in [0.15, 0.2) is 5.89 Å². The monoisotopic (exact) mass is 408 g/mol. The molecule has 158 valence electrons. The summed E-state index contributed by atoms with van der Waals surface area (Å²) in [6.07, 6.45) is 3.40. The van der Waals surface area contributed by atoms with Gasteiger partial charge in [0.25, 0.3) is 0 Å². The minimum absolute atomic E-state index is 0.168. The molecule has 3 aromatic rings. The third-order valence-corrected chi connectivity index (χ3v) is 4.26. The lowest BCUT2D eigenvalue weighted by Gasteiger charge is -2.20. The summed E-state index contributed by atoms with van der Waals surface area (Å²) in [5.74, 6) is 1.86. The molecule has 3 rings (SSSR count). The molecule has 0 aliphatic carbocycles. The van der Waals surface area contributed by atoms with E-state index in [1.54, 1.807) is 19.3 Å². The number of aromatic nitrogens is 3. The van der Waals surface area contributed by atoms with E-state index in [1.165, 1.54) is 0 Å². The van der Waals surface area contributed by atoms with Crippen molar-refractivity contribution in [3.8, 4) is 17.1 Å². The predicted octanol–water partition coefficient (Wildman–Crippen LogP) is 4.66. The molecule has 0 saturated heterocycles. The van der Waals surface area contributed by atoms with E-state index in [0.29, 0.717) is 42.0 Å². The van der Waals surface area contributed by atoms with Crippen molar-refractivity contribution >= 4 is 17.1 Å². The van der Waals surface area contributed by atoms with Crippen LogP contribution in [-0.4, -0.2) is 33.3 Å². The van der Waals surface area contributed by atoms with Crippen molar-refractivity contribution in [1.82, 2.24) is 15.0 Å². The van der Waals surface area contributed by atoms with Crippen LogP contribution in [0, 0.1) is 12.3 Å². The molecule has 0 aliphatic rings. The average Bonchev–Trinajstić information content (AvgIpc) is 3.12. The standard InChI is InChI=1S/C22H28N6O2/c1-6-29-22-17(8-7-9-24-22)18-10-19(26-12-16-11-25-15(5)30-16)21(27-13(2)3)20(28-18)14(4)23/h7-11,13,23,27H,6,12H2,1-5H3,(H,26,28). The highest BCUT2D eigenvalue weighted by molar-refractivity contribution is 6.03. The third kappa shape index (κ3) is 4.94. The highest BCUT2D eigenvalue weighted by atomic mass is 16.5. The van der Waals surface area contributed by atoms with E-state index in [-0.39, 0.29) is 6.04 Å². The molecular weight excluding hydrogens is 380 g/mol. The Hall–Kier alpha value is -3.42. The Balaban J connectivity index is 2.10. The van der Waals surface area contributed by atoms with Crippen LogP contribution in [0.3, 0.4) is 0 Å². The number of rotatable bonds is 9. The van der Waals surface area contributed by atoms with Crippen molar-refractivity contribution in [2.24, 2.45) is 0 Å². The minimum atomic E-state index is 0.168. The molecule has 8 nitrogen and oxygen atoms in total. The van der Waals surface area contributed by atoms with Gasteiger partial charge in [-0.15, -0.1) is 0 Å². The summed E-state index contributed by atoms with van der Waals surface area (Å²) >= 11 is 0. The molecule has 30 heavy (non-hydrogen) atoms. The van der Waals surface area contributed by atoms with Gasteiger partial charge in [-0.2, -0.15) is 0 Å². The van der Waals surface area contributed by atoms with Crippen LogP contribution in [0.15, 0.2) is 35.0 Å². The maximum Gasteiger partial charge on any atom is 0.222 e. The van der Waals surface area contributed by atoms with Gasteiger partial charge in [-0.1, -0.05) is 0 Å². The number of ether oxygens (including phenoxy) is 1. The van der Waals surface area contributed by atoms with Gasteiger partial charge in [0, 0.05) is 19.2 Å². The van der Waals surface area contributed by atoms with Crippen LogP contribution in [0.25, 0.3) is 11.3 Å². The lowest BCUT2D eigenvalue weighted by atomic mass is 10.1. The summed E-state index contributed by atoms with van der Waals surface area (Å²) in [5, 5.41) is 15.1. The first kappa shape index (κ1) is 21.3. The summed E-state index contributed by atoms with van der Waals surface area (Å²) in [6, 6.07) is 5.88. The summed E-state index contributed by atoms with van der Waals surface area (Å²) in [4.78, 5) is 13.3. The molecule has 0 atom stereocenters. The SMILES string of the molecule is CCOc1ncccc1-c1cc(NCc2cnc(C)o2)c(NC(C)C)c(C(C)=N)n1. The summed E-state index contributed by atoms with van der Waals surface area (Å²) < 4.78 is 11.3. The highest BCUT2D eigenvalue weighted by Gasteiger charge is 2.19. The fraction of sp³-hybridized carbons (Fsp3) is 0.364. The Morgan fingerprint density at radius 3 is 2.73 bits per heavy atom. The molecule has 0 aromatic carbocycles. The zero-order chi connectivity index (χ0) is 21.7. The number of pyridine rings is 2. The molecule has 0 aliphatic heterocycles. The van der Waals surface area contributed by atoms with E-state index in [4.69, 9.17) is 19.5 Å². The number of oxazole rings is 1. The second-order valence-electron chi connectivity index (χ2n) is 7.19. The molecule has 0 saturated carbocycles. The van der Waals surface area contributed by atoms with Crippen LogP contribution in [0.5, 0.6) is 5.88 Å². The molecule has 8 heteroatoms. The van der Waals surface area contributed by atoms with Crippen molar-refractivity contribution in [2.75, 3.05) is 17.2 Å². The topological polar surface area (TPSA) is 109 Å². The normalized spacial score (nSPS) is 10.9. The van der Waals surface area contributed by atoms with Crippen molar-refractivity contribution in [2.45, 2.75) is 47.2 Å². The van der Waals surface area contributed by atoms with E-state index >= 15 is 0 Å². The molecule has 0 unspecified atom stereocenters. The van der Waals surface area contributed by atoms with E-state index in [1.807, 2.05) is 32.0 Å². The first-order valence-corrected chi connectivity index (χ1v) is 9.99. The number of aryl methyl sites for hydroxylation is 1. The Morgan fingerprint density at radius 1 is 1.30 bits per heavy atom. The van der Waals surface area contributed by atoms with Crippen LogP contribution in [-0.2, 0) is 6.54 Å². The Bertz CT molecular complexity index is 1030. The number of hydrogen-bond donors (Lipinski definition) is 3. The number of nitrogens with one attached hydrogen (secondary N) is 3. The smallest absolute Gasteiger partial charge is 0.222 e. The number of anilines is 2. The molecule has 0 fully saturated rings. The first-order chi connectivity index (χ1) is 14.4. The highest BCUT2D eigenvalue weighted by Crippen LogP contribution is 2.34. The maximum atomic E-state index is 8.30. The van der Waals surface area contributed by atoms with E-state index in [2.05, 4.69) is 34.4 Å². The van der Waals surface area contributed by atoms with Crippen LogP contribution >= 0.6 is 0 Å². The zero-order valence-corrected chi connectivity index (χ0v) is 18.0. The summed E-state index contributed by atoms with van der Waals surface area (Å²) in [7, 11) is 0. The lowest BCUT2D eigenvalue weighted by molar-refractivity contribution is 0.328. The fourth-order valence-corrected chi connectivity index (χ4v) is 3.04. The second-order valence-corrected chi connectivity index (χ2v) is 7.19. The van der Waals surface area contributed by atoms with Gasteiger partial charge in [0.05, 0.1) is 47.7 Å². The quantitative estimate of drug-likeness (QED) is 0.442. The Morgan fingerprint density at radius 2 is 2.10 bits per heavy atom. The van der Waals surface area contributed by atoms with Crippen molar-refractivity contribution in [3.63, 3.8) is 0 Å². The molecule has 0 radical (unpaired) electrons. The maximum absolute atomic E-state index is 8.30. The largest absolute Gasteiger partial charge is 0.477 e. The Kier molecular flexibility index (Phi) is 6.66. The van der Waals surface area contributed by atoms with Gasteiger partial charge in [0.1, 0.15) is 11.5 Å². The minimum Gasteiger partial charge on any atom is -0.477 e. The van der Waals surface area contributed by atoms with E-state index in [0.717, 1.165) is 22.7 Å². The van der Waals surface area contributed by atoms with Gasteiger partial charge in [0.2, 0.25) is 5.88 Å². The van der Waals surface area contributed by atoms with Gasteiger partial charge < -0.3 is 25.2 Å². The fourth-order valence-electron chi connectivity index (χ4n) is 3.04. The summed E-state index contributed by atoms with van der Waals surface area (Å²) in [5.41, 5.74) is 3.98. The Labute approximate surface area is 176 Å². The third-order valence-electron chi connectivity index (χ3n) is 4.26. The van der Waals surface area contributed by atoms with Crippen molar-refractivity contribution < 1.29 is 9.15 Å². The molecule has 0 amide bonds. The lowest BCUT2D eigenvalue weighted by Crippen LogP contribution is -2.17.